The highest BCUT2D eigenvalue weighted by molar-refractivity contribution is 7.18. The monoisotopic (exact) mass is 445 g/mol. The van der Waals surface area contributed by atoms with Crippen molar-refractivity contribution in [2.45, 2.75) is 20.3 Å². The molecule has 0 unspecified atom stereocenters. The van der Waals surface area contributed by atoms with Gasteiger partial charge in [0.1, 0.15) is 22.1 Å². The maximum atomic E-state index is 12.7. The van der Waals surface area contributed by atoms with Gasteiger partial charge < -0.3 is 23.9 Å². The second kappa shape index (κ2) is 10.2. The Morgan fingerprint density at radius 1 is 1.16 bits per heavy atom. The number of amides is 1. The molecule has 0 atom stereocenters. The number of rotatable bonds is 9. The molecule has 0 saturated carbocycles. The predicted octanol–water partition coefficient (Wildman–Crippen LogP) is 2.87. The van der Waals surface area contributed by atoms with Gasteiger partial charge in [-0.15, -0.1) is 11.3 Å². The fourth-order valence-electron chi connectivity index (χ4n) is 2.94. The topological polar surface area (TPSA) is 108 Å². The van der Waals surface area contributed by atoms with E-state index in [-0.39, 0.29) is 47.6 Å². The molecule has 3 heterocycles. The first kappa shape index (κ1) is 22.4. The molecule has 1 N–H and O–H groups in total. The molecule has 10 heteroatoms. The van der Waals surface area contributed by atoms with Gasteiger partial charge >= 0.3 is 11.9 Å². The number of carbonyl (C=O) groups is 3. The summed E-state index contributed by atoms with van der Waals surface area (Å²) in [5.41, 5.74) is 1.85. The zero-order chi connectivity index (χ0) is 22.4. The van der Waals surface area contributed by atoms with Crippen molar-refractivity contribution >= 4 is 39.8 Å². The lowest BCUT2D eigenvalue weighted by Crippen LogP contribution is -2.16. The van der Waals surface area contributed by atoms with Gasteiger partial charge in [-0.05, 0) is 31.5 Å². The minimum absolute atomic E-state index is 0.00844. The number of pyridine rings is 1. The Morgan fingerprint density at radius 2 is 1.97 bits per heavy atom. The summed E-state index contributed by atoms with van der Waals surface area (Å²) in [4.78, 5) is 42.2. The Bertz CT molecular complexity index is 1070. The Morgan fingerprint density at radius 3 is 2.68 bits per heavy atom. The van der Waals surface area contributed by atoms with Gasteiger partial charge in [-0.1, -0.05) is 6.07 Å². The van der Waals surface area contributed by atoms with E-state index in [4.69, 9.17) is 14.2 Å². The molecule has 0 fully saturated rings. The van der Waals surface area contributed by atoms with Gasteiger partial charge in [-0.2, -0.15) is 0 Å². The lowest BCUT2D eigenvalue weighted by atomic mass is 10.1. The molecule has 0 aliphatic rings. The summed E-state index contributed by atoms with van der Waals surface area (Å²) in [5, 5.41) is 2.96. The number of anilines is 1. The van der Waals surface area contributed by atoms with Crippen LogP contribution in [-0.4, -0.2) is 54.2 Å². The fraction of sp³-hybridized carbons (Fsp3) is 0.333. The summed E-state index contributed by atoms with van der Waals surface area (Å²) < 4.78 is 17.0. The number of thiophene rings is 1. The number of hydrogen-bond donors (Lipinski definition) is 1. The van der Waals surface area contributed by atoms with E-state index < -0.39 is 11.9 Å². The highest BCUT2D eigenvalue weighted by Crippen LogP contribution is 2.34. The molecule has 0 radical (unpaired) electrons. The second-order valence-electron chi connectivity index (χ2n) is 6.53. The minimum atomic E-state index is -0.616. The maximum absolute atomic E-state index is 12.7. The quantitative estimate of drug-likeness (QED) is 0.398. The van der Waals surface area contributed by atoms with Crippen molar-refractivity contribution in [1.29, 1.82) is 0 Å². The van der Waals surface area contributed by atoms with Gasteiger partial charge in [-0.3, -0.25) is 4.79 Å². The van der Waals surface area contributed by atoms with Crippen molar-refractivity contribution in [3.8, 4) is 0 Å². The fourth-order valence-corrected chi connectivity index (χ4v) is 4.04. The van der Waals surface area contributed by atoms with Crippen molar-refractivity contribution in [2.24, 2.45) is 0 Å². The summed E-state index contributed by atoms with van der Waals surface area (Å²) in [6.07, 6.45) is 3.61. The Balaban J connectivity index is 1.81. The average Bonchev–Trinajstić information content (AvgIpc) is 3.28. The Hall–Kier alpha value is -3.24. The van der Waals surface area contributed by atoms with Gasteiger partial charge in [0.05, 0.1) is 30.9 Å². The van der Waals surface area contributed by atoms with E-state index in [0.717, 1.165) is 17.0 Å². The van der Waals surface area contributed by atoms with E-state index in [1.54, 1.807) is 20.0 Å². The number of fused-ring (bicyclic) bond motifs is 1. The molecule has 0 aliphatic heterocycles. The molecule has 3 rings (SSSR count). The van der Waals surface area contributed by atoms with E-state index in [0.29, 0.717) is 11.3 Å². The number of hydrogen-bond acceptors (Lipinski definition) is 8. The lowest BCUT2D eigenvalue weighted by Gasteiger charge is -2.06. The molecule has 1 amide bonds. The van der Waals surface area contributed by atoms with Crippen LogP contribution in [0.15, 0.2) is 30.6 Å². The molecule has 164 valence electrons. The molecule has 0 aromatic carbocycles. The predicted molar refractivity (Wildman–Crippen MR) is 115 cm³/mol. The number of aromatic nitrogens is 2. The molecule has 0 spiro atoms. The third-order valence-electron chi connectivity index (χ3n) is 4.34. The second-order valence-corrected chi connectivity index (χ2v) is 7.55. The van der Waals surface area contributed by atoms with Crippen LogP contribution in [0.5, 0.6) is 0 Å². The summed E-state index contributed by atoms with van der Waals surface area (Å²) >= 11 is 0.977. The third-order valence-corrected chi connectivity index (χ3v) is 5.53. The summed E-state index contributed by atoms with van der Waals surface area (Å²) in [7, 11) is 1.50. The number of imidazole rings is 1. The van der Waals surface area contributed by atoms with Crippen LogP contribution in [0.1, 0.15) is 38.2 Å². The van der Waals surface area contributed by atoms with Crippen molar-refractivity contribution < 1.29 is 28.6 Å². The first-order valence-electron chi connectivity index (χ1n) is 9.63. The van der Waals surface area contributed by atoms with Crippen LogP contribution in [0.3, 0.4) is 0 Å². The minimum Gasteiger partial charge on any atom is -0.462 e. The molecular formula is C21H23N3O6S. The van der Waals surface area contributed by atoms with Gasteiger partial charge in [0.15, 0.2) is 0 Å². The highest BCUT2D eigenvalue weighted by Gasteiger charge is 2.27. The first-order valence-corrected chi connectivity index (χ1v) is 10.4. The molecule has 31 heavy (non-hydrogen) atoms. The molecule has 9 nitrogen and oxygen atoms in total. The van der Waals surface area contributed by atoms with E-state index >= 15 is 0 Å². The normalized spacial score (nSPS) is 10.8. The zero-order valence-corrected chi connectivity index (χ0v) is 18.3. The van der Waals surface area contributed by atoms with Crippen molar-refractivity contribution in [2.75, 3.05) is 32.2 Å². The molecule has 3 aromatic rings. The van der Waals surface area contributed by atoms with Crippen molar-refractivity contribution in [3.63, 3.8) is 0 Å². The smallest absolute Gasteiger partial charge is 0.348 e. The number of ether oxygens (including phenoxy) is 3. The van der Waals surface area contributed by atoms with Crippen LogP contribution in [0, 0.1) is 6.92 Å². The number of carbonyl (C=O) groups excluding carboxylic acids is 3. The van der Waals surface area contributed by atoms with E-state index in [9.17, 15) is 14.4 Å². The summed E-state index contributed by atoms with van der Waals surface area (Å²) in [6.45, 7) is 3.80. The number of esters is 2. The first-order chi connectivity index (χ1) is 14.9. The van der Waals surface area contributed by atoms with E-state index in [1.165, 1.54) is 7.11 Å². The number of methoxy groups -OCH3 is 1. The summed E-state index contributed by atoms with van der Waals surface area (Å²) in [5.74, 6) is -1.57. The largest absolute Gasteiger partial charge is 0.462 e. The Labute approximate surface area is 182 Å². The van der Waals surface area contributed by atoms with Gasteiger partial charge in [-0.25, -0.2) is 14.6 Å². The highest BCUT2D eigenvalue weighted by atomic mass is 32.1. The van der Waals surface area contributed by atoms with Crippen molar-refractivity contribution in [1.82, 2.24) is 9.38 Å². The van der Waals surface area contributed by atoms with Crippen LogP contribution in [-0.2, 0) is 25.4 Å². The lowest BCUT2D eigenvalue weighted by molar-refractivity contribution is -0.115. The SMILES string of the molecule is CCOC(=O)c1c(NC(=O)Cc2cn3ccccc3n2)sc(C(=O)OCCOC)c1C. The number of nitrogens with zero attached hydrogens (tertiary/aromatic N) is 2. The van der Waals surface area contributed by atoms with Gasteiger partial charge in [0.2, 0.25) is 5.91 Å². The average molecular weight is 445 g/mol. The molecule has 3 aromatic heterocycles. The van der Waals surface area contributed by atoms with Gasteiger partial charge in [0.25, 0.3) is 0 Å². The molecule has 0 bridgehead atoms. The van der Waals surface area contributed by atoms with Crippen LogP contribution in [0.4, 0.5) is 5.00 Å². The maximum Gasteiger partial charge on any atom is 0.348 e. The molecule has 0 aliphatic carbocycles. The third kappa shape index (κ3) is 5.28. The molecular weight excluding hydrogens is 422 g/mol. The standard InChI is InChI=1S/C21H23N3O6S/c1-4-29-20(26)17-13(2)18(21(27)30-10-9-28-3)31-19(17)23-16(25)11-14-12-24-8-6-5-7-15(24)22-14/h5-8,12H,4,9-11H2,1-3H3,(H,23,25). The van der Waals surface area contributed by atoms with E-state index in [1.807, 2.05) is 28.8 Å². The number of nitrogens with one attached hydrogen (secondary N) is 1. The van der Waals surface area contributed by atoms with Crippen molar-refractivity contribution in [3.05, 3.63) is 52.3 Å². The van der Waals surface area contributed by atoms with Gasteiger partial charge in [0, 0.05) is 19.5 Å². The zero-order valence-electron chi connectivity index (χ0n) is 17.5. The molecule has 0 saturated heterocycles. The summed E-state index contributed by atoms with van der Waals surface area (Å²) in [6, 6.07) is 5.57. The van der Waals surface area contributed by atoms with Crippen LogP contribution >= 0.6 is 11.3 Å². The van der Waals surface area contributed by atoms with E-state index in [2.05, 4.69) is 10.3 Å². The Kier molecular flexibility index (Phi) is 7.37. The van der Waals surface area contributed by atoms with Crippen LogP contribution in [0.2, 0.25) is 0 Å². The van der Waals surface area contributed by atoms with Crippen LogP contribution in [0.25, 0.3) is 5.65 Å². The van der Waals surface area contributed by atoms with Crippen LogP contribution < -0.4 is 5.32 Å².